The second kappa shape index (κ2) is 4.87. The van der Waals surface area contributed by atoms with Gasteiger partial charge in [0, 0.05) is 10.7 Å². The molecule has 5 heteroatoms. The fraction of sp³-hybridized carbons (Fsp3) is 0.333. The van der Waals surface area contributed by atoms with Gasteiger partial charge in [-0.15, -0.1) is 0 Å². The molecular weight excluding hydrogens is 284 g/mol. The first-order chi connectivity index (χ1) is 8.17. The Morgan fingerprint density at radius 1 is 1.53 bits per heavy atom. The Morgan fingerprint density at radius 3 is 2.94 bits per heavy atom. The molecule has 4 nitrogen and oxygen atoms in total. The van der Waals surface area contributed by atoms with Crippen LogP contribution in [0.1, 0.15) is 30.0 Å². The molecule has 0 N–H and O–H groups in total. The lowest BCUT2D eigenvalue weighted by atomic mass is 10.2. The van der Waals surface area contributed by atoms with Crippen LogP contribution in [0.4, 0.5) is 0 Å². The van der Waals surface area contributed by atoms with Crippen LogP contribution in [-0.2, 0) is 11.2 Å². The van der Waals surface area contributed by atoms with Gasteiger partial charge in [0.25, 0.3) is 0 Å². The van der Waals surface area contributed by atoms with E-state index < -0.39 is 0 Å². The number of esters is 1. The van der Waals surface area contributed by atoms with Crippen LogP contribution in [0.5, 0.6) is 0 Å². The molecule has 2 heterocycles. The average Bonchev–Trinajstić information content (AvgIpc) is 2.66. The second-order valence-electron chi connectivity index (χ2n) is 3.55. The van der Waals surface area contributed by atoms with Crippen molar-refractivity contribution in [3.8, 4) is 0 Å². The maximum Gasteiger partial charge on any atom is 0.358 e. The van der Waals surface area contributed by atoms with Gasteiger partial charge in [0.2, 0.25) is 0 Å². The first-order valence-electron chi connectivity index (χ1n) is 5.51. The topological polar surface area (TPSA) is 43.6 Å². The van der Waals surface area contributed by atoms with E-state index in [1.54, 1.807) is 6.92 Å². The van der Waals surface area contributed by atoms with Crippen LogP contribution in [0, 0.1) is 0 Å². The first-order valence-corrected chi connectivity index (χ1v) is 6.30. The molecule has 17 heavy (non-hydrogen) atoms. The Bertz CT molecular complexity index is 563. The van der Waals surface area contributed by atoms with Crippen molar-refractivity contribution in [2.45, 2.75) is 20.3 Å². The number of fused-ring (bicyclic) bond motifs is 1. The summed E-state index contributed by atoms with van der Waals surface area (Å²) < 4.78 is 7.86. The van der Waals surface area contributed by atoms with Crippen LogP contribution < -0.4 is 0 Å². The maximum atomic E-state index is 11.8. The lowest BCUT2D eigenvalue weighted by Gasteiger charge is -2.01. The number of nitrogens with zero attached hydrogens (tertiary/aromatic N) is 2. The van der Waals surface area contributed by atoms with Crippen LogP contribution in [0.3, 0.4) is 0 Å². The first kappa shape index (κ1) is 12.1. The SMILES string of the molecule is CCOC(=O)c1nc2cc(Br)ccn2c1CC. The highest BCUT2D eigenvalue weighted by atomic mass is 79.9. The van der Waals surface area contributed by atoms with Crippen molar-refractivity contribution in [1.29, 1.82) is 0 Å². The zero-order chi connectivity index (χ0) is 12.4. The number of pyridine rings is 1. The zero-order valence-electron chi connectivity index (χ0n) is 9.74. The number of aromatic nitrogens is 2. The van der Waals surface area contributed by atoms with Crippen molar-refractivity contribution >= 4 is 27.5 Å². The largest absolute Gasteiger partial charge is 0.461 e. The number of carbonyl (C=O) groups is 1. The minimum atomic E-state index is -0.357. The molecule has 0 aliphatic heterocycles. The number of imidazole rings is 1. The minimum absolute atomic E-state index is 0.357. The molecule has 0 aromatic carbocycles. The Hall–Kier alpha value is -1.36. The Balaban J connectivity index is 2.59. The summed E-state index contributed by atoms with van der Waals surface area (Å²) in [5.74, 6) is -0.357. The fourth-order valence-corrected chi connectivity index (χ4v) is 2.09. The molecule has 2 aromatic rings. The predicted molar refractivity (Wildman–Crippen MR) is 68.2 cm³/mol. The van der Waals surface area contributed by atoms with E-state index in [0.29, 0.717) is 12.3 Å². The van der Waals surface area contributed by atoms with Gasteiger partial charge in [-0.05, 0) is 25.5 Å². The van der Waals surface area contributed by atoms with E-state index in [-0.39, 0.29) is 5.97 Å². The van der Waals surface area contributed by atoms with E-state index in [0.717, 1.165) is 22.2 Å². The summed E-state index contributed by atoms with van der Waals surface area (Å²) in [6.07, 6.45) is 2.63. The molecule has 2 aromatic heterocycles. The molecule has 0 radical (unpaired) electrons. The quantitative estimate of drug-likeness (QED) is 0.818. The normalized spacial score (nSPS) is 10.8. The third kappa shape index (κ3) is 2.20. The van der Waals surface area contributed by atoms with Crippen LogP contribution >= 0.6 is 15.9 Å². The highest BCUT2D eigenvalue weighted by Crippen LogP contribution is 2.18. The lowest BCUT2D eigenvalue weighted by Crippen LogP contribution is -2.08. The molecule has 0 aliphatic rings. The summed E-state index contributed by atoms with van der Waals surface area (Å²) in [4.78, 5) is 16.1. The molecule has 0 unspecified atom stereocenters. The smallest absolute Gasteiger partial charge is 0.358 e. The monoisotopic (exact) mass is 296 g/mol. The number of hydrogen-bond acceptors (Lipinski definition) is 3. The third-order valence-electron chi connectivity index (χ3n) is 2.49. The fourth-order valence-electron chi connectivity index (χ4n) is 1.77. The van der Waals surface area contributed by atoms with Crippen LogP contribution in [0.2, 0.25) is 0 Å². The molecule has 0 bridgehead atoms. The standard InChI is InChI=1S/C12H13BrN2O2/c1-3-9-11(12(16)17-4-2)14-10-7-8(13)5-6-15(9)10/h5-7H,3-4H2,1-2H3. The number of ether oxygens (including phenoxy) is 1. The average molecular weight is 297 g/mol. The summed E-state index contributed by atoms with van der Waals surface area (Å²) in [6, 6.07) is 3.80. The number of hydrogen-bond donors (Lipinski definition) is 0. The van der Waals surface area contributed by atoms with Crippen molar-refractivity contribution < 1.29 is 9.53 Å². The lowest BCUT2D eigenvalue weighted by molar-refractivity contribution is 0.0519. The van der Waals surface area contributed by atoms with Gasteiger partial charge < -0.3 is 9.14 Å². The van der Waals surface area contributed by atoms with Gasteiger partial charge in [0.1, 0.15) is 5.65 Å². The summed E-state index contributed by atoms with van der Waals surface area (Å²) in [5, 5.41) is 0. The van der Waals surface area contributed by atoms with Crippen LogP contribution in [0.15, 0.2) is 22.8 Å². The molecule has 90 valence electrons. The van der Waals surface area contributed by atoms with Gasteiger partial charge in [-0.2, -0.15) is 0 Å². The van der Waals surface area contributed by atoms with Gasteiger partial charge >= 0.3 is 5.97 Å². The summed E-state index contributed by atoms with van der Waals surface area (Å²) >= 11 is 3.39. The summed E-state index contributed by atoms with van der Waals surface area (Å²) in [5.41, 5.74) is 2.04. The van der Waals surface area contributed by atoms with Gasteiger partial charge in [-0.1, -0.05) is 22.9 Å². The Morgan fingerprint density at radius 2 is 2.29 bits per heavy atom. The van der Waals surface area contributed by atoms with E-state index in [1.165, 1.54) is 0 Å². The molecular formula is C12H13BrN2O2. The molecule has 0 fully saturated rings. The van der Waals surface area contributed by atoms with E-state index in [4.69, 9.17) is 4.74 Å². The Kier molecular flexibility index (Phi) is 3.47. The minimum Gasteiger partial charge on any atom is -0.461 e. The molecule has 0 atom stereocenters. The summed E-state index contributed by atoms with van der Waals surface area (Å²) in [6.45, 7) is 4.14. The van der Waals surface area contributed by atoms with Crippen LogP contribution in [-0.4, -0.2) is 22.0 Å². The van der Waals surface area contributed by atoms with Crippen molar-refractivity contribution in [3.63, 3.8) is 0 Å². The summed E-state index contributed by atoms with van der Waals surface area (Å²) in [7, 11) is 0. The van der Waals surface area contributed by atoms with Gasteiger partial charge in [0.15, 0.2) is 5.69 Å². The van der Waals surface area contributed by atoms with Crippen molar-refractivity contribution in [2.24, 2.45) is 0 Å². The predicted octanol–water partition coefficient (Wildman–Crippen LogP) is 2.84. The van der Waals surface area contributed by atoms with E-state index in [2.05, 4.69) is 20.9 Å². The highest BCUT2D eigenvalue weighted by molar-refractivity contribution is 9.10. The number of halogens is 1. The maximum absolute atomic E-state index is 11.8. The van der Waals surface area contributed by atoms with Crippen LogP contribution in [0.25, 0.3) is 5.65 Å². The molecule has 0 spiro atoms. The molecule has 2 rings (SSSR count). The molecule has 0 saturated carbocycles. The van der Waals surface area contributed by atoms with E-state index >= 15 is 0 Å². The zero-order valence-corrected chi connectivity index (χ0v) is 11.3. The Labute approximate surface area is 108 Å². The van der Waals surface area contributed by atoms with E-state index in [1.807, 2.05) is 29.7 Å². The van der Waals surface area contributed by atoms with Gasteiger partial charge in [0.05, 0.1) is 12.3 Å². The molecule has 0 amide bonds. The van der Waals surface area contributed by atoms with Gasteiger partial charge in [-0.3, -0.25) is 0 Å². The second-order valence-corrected chi connectivity index (χ2v) is 4.47. The number of rotatable bonds is 3. The van der Waals surface area contributed by atoms with E-state index in [9.17, 15) is 4.79 Å². The molecule has 0 aliphatic carbocycles. The van der Waals surface area contributed by atoms with Gasteiger partial charge in [-0.25, -0.2) is 9.78 Å². The number of aryl methyl sites for hydroxylation is 1. The van der Waals surface area contributed by atoms with Crippen molar-refractivity contribution in [3.05, 3.63) is 34.2 Å². The van der Waals surface area contributed by atoms with Crippen molar-refractivity contribution in [2.75, 3.05) is 6.61 Å². The highest BCUT2D eigenvalue weighted by Gasteiger charge is 2.18. The number of carbonyl (C=O) groups excluding carboxylic acids is 1. The van der Waals surface area contributed by atoms with Crippen molar-refractivity contribution in [1.82, 2.24) is 9.38 Å². The molecule has 0 saturated heterocycles. The third-order valence-corrected chi connectivity index (χ3v) is 2.98.